The van der Waals surface area contributed by atoms with Gasteiger partial charge in [0.05, 0.1) is 41.6 Å². The lowest BCUT2D eigenvalue weighted by Crippen LogP contribution is -2.47. The molecule has 296 valence electrons. The predicted octanol–water partition coefficient (Wildman–Crippen LogP) is 4.39. The highest BCUT2D eigenvalue weighted by atomic mass is 16.7. The Morgan fingerprint density at radius 2 is 1.67 bits per heavy atom. The van der Waals surface area contributed by atoms with Crippen molar-refractivity contribution in [3.05, 3.63) is 41.0 Å². The van der Waals surface area contributed by atoms with E-state index < -0.39 is 95.6 Å². The molecular weight excluding hydrogens is 706 g/mol. The van der Waals surface area contributed by atoms with Crippen LogP contribution < -0.4 is 14.8 Å². The SMILES string of the molecule is COC1CCOC2(C)Oc3c(C)c(O)c4c(O)c(cc(OCC(=O)O)c4c3C2=O)NC(=O)/C(C)=C\C=C\C(C)C(O)C(C)C(O)C(C)C(OC(C)=O)C1C. The number of amides is 1. The number of hydrogen-bond acceptors (Lipinski definition) is 13. The summed E-state index contributed by atoms with van der Waals surface area (Å²) in [6, 6.07) is 1.15. The zero-order chi connectivity index (χ0) is 40.4. The van der Waals surface area contributed by atoms with Crippen LogP contribution in [0.25, 0.3) is 10.8 Å². The number of carbonyl (C=O) groups excluding carboxylic acids is 3. The first-order chi connectivity index (χ1) is 25.2. The van der Waals surface area contributed by atoms with Crippen molar-refractivity contribution in [3.8, 4) is 23.0 Å². The second-order valence-electron chi connectivity index (χ2n) is 14.3. The number of rotatable bonds is 5. The molecule has 0 saturated heterocycles. The van der Waals surface area contributed by atoms with E-state index in [4.69, 9.17) is 23.7 Å². The van der Waals surface area contributed by atoms with Crippen molar-refractivity contribution in [3.63, 3.8) is 0 Å². The number of aliphatic carboxylic acids is 1. The molecule has 54 heavy (non-hydrogen) atoms. The average molecular weight is 758 g/mol. The fraction of sp³-hybridized carbons (Fsp3) is 0.538. The normalized spacial score (nSPS) is 31.4. The number of aromatic hydroxyl groups is 2. The van der Waals surface area contributed by atoms with Crippen molar-refractivity contribution < 1.29 is 68.4 Å². The number of benzene rings is 2. The lowest BCUT2D eigenvalue weighted by molar-refractivity contribution is -0.164. The van der Waals surface area contributed by atoms with Crippen LogP contribution in [-0.4, -0.2) is 99.7 Å². The maximum atomic E-state index is 14.2. The molecule has 2 aromatic carbocycles. The number of carboxylic acid groups (broad SMARTS) is 1. The lowest BCUT2D eigenvalue weighted by atomic mass is 9.78. The van der Waals surface area contributed by atoms with E-state index in [1.807, 2.05) is 0 Å². The quantitative estimate of drug-likeness (QED) is 0.184. The Morgan fingerprint density at radius 3 is 2.28 bits per heavy atom. The number of phenolic OH excluding ortho intramolecular Hbond substituents is 2. The zero-order valence-electron chi connectivity index (χ0n) is 32.0. The molecule has 0 saturated carbocycles. The molecule has 2 aromatic rings. The Balaban J connectivity index is 1.89. The van der Waals surface area contributed by atoms with Crippen LogP contribution in [0.2, 0.25) is 0 Å². The smallest absolute Gasteiger partial charge is 0.341 e. The Labute approximate surface area is 313 Å². The number of aliphatic hydroxyl groups is 2. The summed E-state index contributed by atoms with van der Waals surface area (Å²) in [6.07, 6.45) is 1.19. The molecule has 15 heteroatoms. The van der Waals surface area contributed by atoms with Gasteiger partial charge in [-0.15, -0.1) is 0 Å². The van der Waals surface area contributed by atoms with E-state index in [9.17, 15) is 44.7 Å². The van der Waals surface area contributed by atoms with Crippen LogP contribution in [0.5, 0.6) is 23.0 Å². The van der Waals surface area contributed by atoms with Gasteiger partial charge in [-0.25, -0.2) is 4.79 Å². The Kier molecular flexibility index (Phi) is 13.0. The number of anilines is 1. The van der Waals surface area contributed by atoms with Crippen LogP contribution in [0.1, 0.15) is 70.8 Å². The van der Waals surface area contributed by atoms with Crippen molar-refractivity contribution in [1.82, 2.24) is 0 Å². The van der Waals surface area contributed by atoms with Crippen LogP contribution in [0, 0.1) is 30.6 Å². The van der Waals surface area contributed by atoms with E-state index in [1.54, 1.807) is 39.8 Å². The number of aliphatic hydroxyl groups excluding tert-OH is 2. The minimum absolute atomic E-state index is 0.0542. The van der Waals surface area contributed by atoms with Gasteiger partial charge in [-0.05, 0) is 20.3 Å². The van der Waals surface area contributed by atoms with Crippen molar-refractivity contribution in [2.75, 3.05) is 25.6 Å². The lowest BCUT2D eigenvalue weighted by Gasteiger charge is -2.38. The molecule has 5 bridgehead atoms. The van der Waals surface area contributed by atoms with Gasteiger partial charge < -0.3 is 54.5 Å². The van der Waals surface area contributed by atoms with Gasteiger partial charge >= 0.3 is 11.9 Å². The number of hydrogen-bond donors (Lipinski definition) is 6. The average Bonchev–Trinajstić information content (AvgIpc) is 3.38. The van der Waals surface area contributed by atoms with Crippen molar-refractivity contribution in [2.24, 2.45) is 23.7 Å². The maximum absolute atomic E-state index is 14.2. The molecule has 0 aliphatic carbocycles. The molecule has 15 nitrogen and oxygen atoms in total. The first kappa shape index (κ1) is 42.0. The summed E-state index contributed by atoms with van der Waals surface area (Å²) in [6.45, 7) is 11.5. The summed E-state index contributed by atoms with van der Waals surface area (Å²) in [5.74, 6) is -9.13. The molecule has 0 aromatic heterocycles. The number of carbonyl (C=O) groups is 4. The number of allylic oxidation sites excluding steroid dienone is 2. The monoisotopic (exact) mass is 757 g/mol. The number of Topliss-reactive ketones (excluding diaryl/α,β-unsaturated/α-hetero) is 1. The van der Waals surface area contributed by atoms with Crippen LogP contribution in [0.15, 0.2) is 29.9 Å². The van der Waals surface area contributed by atoms with Crippen molar-refractivity contribution in [2.45, 2.75) is 92.0 Å². The molecule has 3 aliphatic rings. The number of esters is 1. The second kappa shape index (κ2) is 16.8. The molecule has 0 spiro atoms. The first-order valence-electron chi connectivity index (χ1n) is 17.8. The first-order valence-corrected chi connectivity index (χ1v) is 17.8. The van der Waals surface area contributed by atoms with Gasteiger partial charge in [-0.2, -0.15) is 0 Å². The number of ether oxygens (including phenoxy) is 5. The Morgan fingerprint density at radius 1 is 1.00 bits per heavy atom. The third kappa shape index (κ3) is 8.33. The standard InChI is InChI=1S/C39H51NO14/c1-17-11-10-12-18(2)38(49)40-24-15-26(51-16-27(42)43)28-29(34(24)47)33(46)22(6)36-30(28)37(48)39(8,54-36)52-14-13-25(50-9)19(3)35(53-23(7)41)21(5)32(45)20(4)31(17)44/h10-12,15,17,19-21,25,31-32,35,44-47H,13-14,16H2,1-9H3,(H,40,49)(H,42,43)/b11-10+,18-12-. The Hall–Kier alpha value is -4.70. The number of fused-ring (bicyclic) bond motifs is 15. The summed E-state index contributed by atoms with van der Waals surface area (Å²) in [5.41, 5.74) is -0.176. The molecule has 9 unspecified atom stereocenters. The minimum Gasteiger partial charge on any atom is -0.507 e. The molecule has 5 rings (SSSR count). The number of ketones is 1. The third-order valence-corrected chi connectivity index (χ3v) is 10.5. The van der Waals surface area contributed by atoms with Gasteiger partial charge in [0, 0.05) is 67.2 Å². The number of carboxylic acids is 1. The van der Waals surface area contributed by atoms with Crippen LogP contribution in [-0.2, 0) is 28.6 Å². The van der Waals surface area contributed by atoms with Crippen molar-refractivity contribution in [1.29, 1.82) is 0 Å². The van der Waals surface area contributed by atoms with Gasteiger partial charge in [0.2, 0.25) is 5.78 Å². The predicted molar refractivity (Wildman–Crippen MR) is 196 cm³/mol. The molecule has 1 amide bonds. The summed E-state index contributed by atoms with van der Waals surface area (Å²) >= 11 is 0. The van der Waals surface area contributed by atoms with Crippen LogP contribution in [0.4, 0.5) is 5.69 Å². The molecule has 3 heterocycles. The molecule has 0 fully saturated rings. The zero-order valence-corrected chi connectivity index (χ0v) is 32.0. The van der Waals surface area contributed by atoms with E-state index in [2.05, 4.69) is 5.32 Å². The van der Waals surface area contributed by atoms with E-state index in [-0.39, 0.29) is 57.7 Å². The molecular formula is C39H51NO14. The minimum atomic E-state index is -1.97. The van der Waals surface area contributed by atoms with Crippen molar-refractivity contribution >= 4 is 40.1 Å². The highest BCUT2D eigenvalue weighted by Crippen LogP contribution is 2.54. The highest BCUT2D eigenvalue weighted by molar-refractivity contribution is 6.21. The van der Waals surface area contributed by atoms with E-state index in [0.717, 1.165) is 6.07 Å². The van der Waals surface area contributed by atoms with E-state index in [1.165, 1.54) is 40.9 Å². The fourth-order valence-electron chi connectivity index (χ4n) is 7.18. The number of nitrogens with one attached hydrogen (secondary N) is 1. The van der Waals surface area contributed by atoms with E-state index in [0.29, 0.717) is 0 Å². The third-order valence-electron chi connectivity index (χ3n) is 10.5. The van der Waals surface area contributed by atoms with Gasteiger partial charge in [0.15, 0.2) is 12.4 Å². The van der Waals surface area contributed by atoms with Gasteiger partial charge in [0.1, 0.15) is 23.4 Å². The van der Waals surface area contributed by atoms with Gasteiger partial charge in [-0.3, -0.25) is 14.4 Å². The maximum Gasteiger partial charge on any atom is 0.341 e. The summed E-state index contributed by atoms with van der Waals surface area (Å²) in [7, 11) is 1.47. The van der Waals surface area contributed by atoms with Crippen LogP contribution >= 0.6 is 0 Å². The van der Waals surface area contributed by atoms with E-state index >= 15 is 0 Å². The highest BCUT2D eigenvalue weighted by Gasteiger charge is 2.49. The summed E-state index contributed by atoms with van der Waals surface area (Å²) < 4.78 is 29.2. The topological polar surface area (TPSA) is 228 Å². The summed E-state index contributed by atoms with van der Waals surface area (Å²) in [5, 5.41) is 57.1. The van der Waals surface area contributed by atoms with Gasteiger partial charge in [-0.1, -0.05) is 45.9 Å². The number of phenols is 2. The summed E-state index contributed by atoms with van der Waals surface area (Å²) in [4.78, 5) is 51.4. The largest absolute Gasteiger partial charge is 0.507 e. The molecule has 0 radical (unpaired) electrons. The second-order valence-corrected chi connectivity index (χ2v) is 14.3. The fourth-order valence-corrected chi connectivity index (χ4v) is 7.18. The van der Waals surface area contributed by atoms with Gasteiger partial charge in [0.25, 0.3) is 11.7 Å². The molecule has 9 atom stereocenters. The van der Waals surface area contributed by atoms with Crippen LogP contribution in [0.3, 0.4) is 0 Å². The molecule has 3 aliphatic heterocycles. The Bertz CT molecular complexity index is 1850. The molecule has 6 N–H and O–H groups in total. The number of methoxy groups -OCH3 is 1.